The minimum absolute atomic E-state index is 0.0145. The molecule has 9 atom stereocenters. The van der Waals surface area contributed by atoms with E-state index in [2.05, 4.69) is 0 Å². The van der Waals surface area contributed by atoms with Crippen LogP contribution in [0.5, 0.6) is 0 Å². The summed E-state index contributed by atoms with van der Waals surface area (Å²) in [6.07, 6.45) is -8.07. The van der Waals surface area contributed by atoms with Crippen molar-refractivity contribution in [1.82, 2.24) is 0 Å². The Labute approximate surface area is 298 Å². The lowest BCUT2D eigenvalue weighted by atomic mass is 9.97. The highest BCUT2D eigenvalue weighted by Crippen LogP contribution is 2.41. The van der Waals surface area contributed by atoms with Crippen molar-refractivity contribution in [2.24, 2.45) is 0 Å². The molecule has 0 amide bonds. The zero-order valence-corrected chi connectivity index (χ0v) is 29.3. The van der Waals surface area contributed by atoms with Gasteiger partial charge in [0, 0.05) is 13.8 Å². The van der Waals surface area contributed by atoms with Gasteiger partial charge in [0.25, 0.3) is 0 Å². The fourth-order valence-corrected chi connectivity index (χ4v) is 6.46. The van der Waals surface area contributed by atoms with Gasteiger partial charge in [-0.25, -0.2) is 0 Å². The van der Waals surface area contributed by atoms with E-state index in [1.54, 1.807) is 13.8 Å². The summed E-state index contributed by atoms with van der Waals surface area (Å²) in [5.41, 5.74) is 2.81. The molecule has 3 saturated heterocycles. The zero-order chi connectivity index (χ0) is 35.8. The van der Waals surface area contributed by atoms with E-state index in [9.17, 15) is 9.59 Å². The van der Waals surface area contributed by atoms with Crippen LogP contribution in [0.25, 0.3) is 0 Å². The second-order valence-electron chi connectivity index (χ2n) is 13.2. The predicted molar refractivity (Wildman–Crippen MR) is 181 cm³/mol. The molecular formula is C39H46O12. The average molecular weight is 707 g/mol. The molecule has 3 fully saturated rings. The van der Waals surface area contributed by atoms with Crippen molar-refractivity contribution in [2.75, 3.05) is 13.2 Å². The number of benzene rings is 3. The molecule has 0 N–H and O–H groups in total. The summed E-state index contributed by atoms with van der Waals surface area (Å²) in [5.74, 6) is -2.12. The van der Waals surface area contributed by atoms with Crippen LogP contribution < -0.4 is 0 Å². The Morgan fingerprint density at radius 3 is 1.63 bits per heavy atom. The number of hydrogen-bond donors (Lipinski definition) is 0. The van der Waals surface area contributed by atoms with E-state index < -0.39 is 73.0 Å². The SMILES string of the molecule is CC(=O)O[C@@H]1[C@@H](OCc2ccccc2)[C@@H](O[C@H]2[C@H]3OC(C)(C)O[C@H]3O[C@@H]2COCc2ccccc2)O[C@H](COCc2ccccc2)[C@H]1OC(C)=O. The first-order valence-electron chi connectivity index (χ1n) is 17.2. The summed E-state index contributed by atoms with van der Waals surface area (Å²) >= 11 is 0. The second-order valence-corrected chi connectivity index (χ2v) is 13.2. The highest BCUT2D eigenvalue weighted by molar-refractivity contribution is 5.67. The van der Waals surface area contributed by atoms with Crippen LogP contribution in [0.1, 0.15) is 44.4 Å². The Kier molecular flexibility index (Phi) is 12.5. The van der Waals surface area contributed by atoms with E-state index in [1.807, 2.05) is 91.0 Å². The summed E-state index contributed by atoms with van der Waals surface area (Å²) in [5, 5.41) is 0. The lowest BCUT2D eigenvalue weighted by molar-refractivity contribution is -0.335. The van der Waals surface area contributed by atoms with Gasteiger partial charge in [-0.3, -0.25) is 9.59 Å². The summed E-state index contributed by atoms with van der Waals surface area (Å²) in [6, 6.07) is 28.9. The third-order valence-corrected chi connectivity index (χ3v) is 8.65. The molecule has 0 saturated carbocycles. The van der Waals surface area contributed by atoms with Gasteiger partial charge in [-0.2, -0.15) is 0 Å². The van der Waals surface area contributed by atoms with Crippen LogP contribution in [-0.2, 0) is 76.8 Å². The van der Waals surface area contributed by atoms with E-state index >= 15 is 0 Å². The monoisotopic (exact) mass is 706 g/mol. The van der Waals surface area contributed by atoms with Crippen molar-refractivity contribution in [1.29, 1.82) is 0 Å². The van der Waals surface area contributed by atoms with Crippen LogP contribution in [0, 0.1) is 0 Å². The first kappa shape index (κ1) is 37.1. The van der Waals surface area contributed by atoms with Gasteiger partial charge >= 0.3 is 11.9 Å². The van der Waals surface area contributed by atoms with Crippen molar-refractivity contribution < 1.29 is 57.0 Å². The topological polar surface area (TPSA) is 126 Å². The molecule has 12 heteroatoms. The van der Waals surface area contributed by atoms with Crippen molar-refractivity contribution in [3.05, 3.63) is 108 Å². The maximum absolute atomic E-state index is 12.6. The lowest BCUT2D eigenvalue weighted by Crippen LogP contribution is -2.63. The predicted octanol–water partition coefficient (Wildman–Crippen LogP) is 4.86. The van der Waals surface area contributed by atoms with Crippen molar-refractivity contribution in [3.8, 4) is 0 Å². The molecule has 0 bridgehead atoms. The molecule has 12 nitrogen and oxygen atoms in total. The van der Waals surface area contributed by atoms with Crippen LogP contribution in [0.15, 0.2) is 91.0 Å². The van der Waals surface area contributed by atoms with E-state index in [-0.39, 0.29) is 26.4 Å². The standard InChI is InChI=1S/C39H46O12/c1-25(40)45-32-30(23-42-20-27-14-8-5-9-15-27)47-37(35(34(32)46-26(2)41)44-22-29-18-12-7-13-19-29)49-33-31(24-43-21-28-16-10-6-11-17-28)48-38-36(33)50-39(3,4)51-38/h5-19,30-38H,20-24H2,1-4H3/t30-,31-,32-,33-,34+,35-,36-,37-,38-/m1/s1. The van der Waals surface area contributed by atoms with Gasteiger partial charge in [0.15, 0.2) is 30.6 Å². The molecule has 3 heterocycles. The van der Waals surface area contributed by atoms with Crippen LogP contribution in [-0.4, -0.2) is 86.2 Å². The van der Waals surface area contributed by atoms with E-state index in [1.165, 1.54) is 13.8 Å². The van der Waals surface area contributed by atoms with Gasteiger partial charge in [0.1, 0.15) is 30.5 Å². The van der Waals surface area contributed by atoms with Gasteiger partial charge in [-0.1, -0.05) is 91.0 Å². The fourth-order valence-electron chi connectivity index (χ4n) is 6.46. The second kappa shape index (κ2) is 17.2. The van der Waals surface area contributed by atoms with Gasteiger partial charge in [-0.15, -0.1) is 0 Å². The van der Waals surface area contributed by atoms with Crippen molar-refractivity contribution >= 4 is 11.9 Å². The lowest BCUT2D eigenvalue weighted by Gasteiger charge is -2.45. The van der Waals surface area contributed by atoms with E-state index in [0.29, 0.717) is 6.61 Å². The first-order valence-corrected chi connectivity index (χ1v) is 17.2. The van der Waals surface area contributed by atoms with Crippen LogP contribution >= 0.6 is 0 Å². The van der Waals surface area contributed by atoms with Crippen LogP contribution in [0.2, 0.25) is 0 Å². The number of rotatable bonds is 15. The maximum Gasteiger partial charge on any atom is 0.303 e. The molecule has 51 heavy (non-hydrogen) atoms. The zero-order valence-electron chi connectivity index (χ0n) is 29.3. The molecule has 0 aliphatic carbocycles. The molecule has 0 spiro atoms. The van der Waals surface area contributed by atoms with Gasteiger partial charge < -0.3 is 47.4 Å². The minimum Gasteiger partial charge on any atom is -0.456 e. The smallest absolute Gasteiger partial charge is 0.303 e. The summed E-state index contributed by atoms with van der Waals surface area (Å²) in [7, 11) is 0. The maximum atomic E-state index is 12.6. The number of carbonyl (C=O) groups is 2. The third-order valence-electron chi connectivity index (χ3n) is 8.65. The molecule has 3 aliphatic heterocycles. The number of esters is 2. The van der Waals surface area contributed by atoms with Gasteiger partial charge in [-0.05, 0) is 30.5 Å². The molecule has 274 valence electrons. The Hall–Kier alpha value is -3.72. The molecule has 3 aromatic carbocycles. The highest BCUT2D eigenvalue weighted by Gasteiger charge is 2.59. The molecule has 0 radical (unpaired) electrons. The van der Waals surface area contributed by atoms with E-state index in [0.717, 1.165) is 16.7 Å². The number of carbonyl (C=O) groups excluding carboxylic acids is 2. The Balaban J connectivity index is 1.28. The van der Waals surface area contributed by atoms with Crippen molar-refractivity contribution in [3.63, 3.8) is 0 Å². The molecule has 6 rings (SSSR count). The van der Waals surface area contributed by atoms with E-state index in [4.69, 9.17) is 47.4 Å². The van der Waals surface area contributed by atoms with Gasteiger partial charge in [0.2, 0.25) is 0 Å². The first-order chi connectivity index (χ1) is 24.6. The summed E-state index contributed by atoms with van der Waals surface area (Å²) < 4.78 is 62.4. The quantitative estimate of drug-likeness (QED) is 0.201. The normalized spacial score (nSPS) is 29.7. The van der Waals surface area contributed by atoms with Crippen LogP contribution in [0.3, 0.4) is 0 Å². The Morgan fingerprint density at radius 2 is 1.10 bits per heavy atom. The highest BCUT2D eigenvalue weighted by atomic mass is 16.9. The molecule has 0 unspecified atom stereocenters. The number of hydrogen-bond acceptors (Lipinski definition) is 12. The molecule has 0 aromatic heterocycles. The third kappa shape index (κ3) is 10.00. The Morgan fingerprint density at radius 1 is 0.608 bits per heavy atom. The number of fused-ring (bicyclic) bond motifs is 1. The number of ether oxygens (including phenoxy) is 10. The summed E-state index contributed by atoms with van der Waals surface area (Å²) in [6.45, 7) is 7.07. The largest absolute Gasteiger partial charge is 0.456 e. The van der Waals surface area contributed by atoms with Crippen LogP contribution in [0.4, 0.5) is 0 Å². The molecule has 3 aliphatic rings. The average Bonchev–Trinajstić information content (AvgIpc) is 3.57. The fraction of sp³-hybridized carbons (Fsp3) is 0.487. The van der Waals surface area contributed by atoms with Gasteiger partial charge in [0.05, 0.1) is 33.0 Å². The molecular weight excluding hydrogens is 660 g/mol. The Bertz CT molecular complexity index is 1540. The molecule has 3 aromatic rings. The minimum atomic E-state index is -1.16. The summed E-state index contributed by atoms with van der Waals surface area (Å²) in [4.78, 5) is 25.1. The van der Waals surface area contributed by atoms with Crippen molar-refractivity contribution in [2.45, 2.75) is 109 Å².